The summed E-state index contributed by atoms with van der Waals surface area (Å²) in [5, 5.41) is 2.59. The Labute approximate surface area is 157 Å². The number of nitrogens with zero attached hydrogens (tertiary/aromatic N) is 2. The van der Waals surface area contributed by atoms with Gasteiger partial charge in [-0.2, -0.15) is 0 Å². The predicted molar refractivity (Wildman–Crippen MR) is 95.8 cm³/mol. The van der Waals surface area contributed by atoms with Crippen molar-refractivity contribution in [1.82, 2.24) is 15.1 Å². The monoisotopic (exact) mass is 381 g/mol. The van der Waals surface area contributed by atoms with Crippen LogP contribution in [-0.2, 0) is 16.0 Å². The number of carbonyl (C=O) groups is 2. The van der Waals surface area contributed by atoms with Crippen molar-refractivity contribution in [3.8, 4) is 5.75 Å². The topological polar surface area (TPSA) is 61.9 Å². The van der Waals surface area contributed by atoms with Crippen molar-refractivity contribution in [2.24, 2.45) is 0 Å². The number of carbonyl (C=O) groups excluding carboxylic acids is 2. The molecule has 0 saturated carbocycles. The Morgan fingerprint density at radius 3 is 2.33 bits per heavy atom. The molecule has 2 saturated heterocycles. The van der Waals surface area contributed by atoms with Crippen molar-refractivity contribution in [2.45, 2.75) is 31.2 Å². The number of hydrogen-bond donors (Lipinski definition) is 1. The van der Waals surface area contributed by atoms with Gasteiger partial charge < -0.3 is 14.5 Å². The molecule has 6 nitrogen and oxygen atoms in total. The second-order valence-corrected chi connectivity index (χ2v) is 7.05. The summed E-state index contributed by atoms with van der Waals surface area (Å²) in [5.41, 5.74) is 1.06. The van der Waals surface area contributed by atoms with Gasteiger partial charge in [0.05, 0.1) is 19.7 Å². The Morgan fingerprint density at radius 1 is 1.15 bits per heavy atom. The smallest absolute Gasteiger partial charge is 0.262 e. The van der Waals surface area contributed by atoms with Crippen molar-refractivity contribution in [1.29, 1.82) is 0 Å². The molecular weight excluding hydrogens is 356 g/mol. The summed E-state index contributed by atoms with van der Waals surface area (Å²) in [5.74, 6) is -2.29. The number of alkyl halides is 2. The molecule has 1 aromatic carbocycles. The van der Waals surface area contributed by atoms with Gasteiger partial charge in [0.2, 0.25) is 11.8 Å². The second kappa shape index (κ2) is 8.21. The highest BCUT2D eigenvalue weighted by atomic mass is 19.3. The molecular formula is C19H25F2N3O3. The number of aryl methyl sites for hydroxylation is 1. The summed E-state index contributed by atoms with van der Waals surface area (Å²) in [7, 11) is 1.61. The zero-order chi connectivity index (χ0) is 19.4. The van der Waals surface area contributed by atoms with Gasteiger partial charge in [0, 0.05) is 39.0 Å². The third-order valence-corrected chi connectivity index (χ3v) is 5.14. The number of rotatable bonds is 5. The van der Waals surface area contributed by atoms with Gasteiger partial charge in [0.25, 0.3) is 5.92 Å². The summed E-state index contributed by atoms with van der Waals surface area (Å²) in [6.45, 7) is 1.20. The highest BCUT2D eigenvalue weighted by molar-refractivity contribution is 5.83. The molecule has 0 spiro atoms. The molecule has 1 unspecified atom stereocenters. The molecule has 1 aromatic rings. The number of piperazine rings is 1. The highest BCUT2D eigenvalue weighted by Gasteiger charge is 2.43. The van der Waals surface area contributed by atoms with E-state index in [2.05, 4.69) is 5.32 Å². The minimum atomic E-state index is -2.82. The van der Waals surface area contributed by atoms with Gasteiger partial charge in [0.15, 0.2) is 0 Å². The predicted octanol–water partition coefficient (Wildman–Crippen LogP) is 1.30. The minimum Gasteiger partial charge on any atom is -0.497 e. The zero-order valence-corrected chi connectivity index (χ0v) is 15.4. The molecule has 1 N–H and O–H groups in total. The molecule has 27 heavy (non-hydrogen) atoms. The van der Waals surface area contributed by atoms with Crippen LogP contribution in [0.5, 0.6) is 5.75 Å². The number of methoxy groups -OCH3 is 1. The van der Waals surface area contributed by atoms with Crippen LogP contribution in [0.1, 0.15) is 18.4 Å². The molecule has 8 heteroatoms. The molecule has 2 fully saturated rings. The third kappa shape index (κ3) is 4.94. The lowest BCUT2D eigenvalue weighted by Gasteiger charge is -2.36. The van der Waals surface area contributed by atoms with Gasteiger partial charge in [-0.15, -0.1) is 0 Å². The average molecular weight is 381 g/mol. The Morgan fingerprint density at radius 2 is 1.78 bits per heavy atom. The van der Waals surface area contributed by atoms with Crippen LogP contribution in [0.2, 0.25) is 0 Å². The first-order valence-corrected chi connectivity index (χ1v) is 9.19. The maximum absolute atomic E-state index is 13.3. The molecule has 1 atom stereocenters. The summed E-state index contributed by atoms with van der Waals surface area (Å²) >= 11 is 0. The summed E-state index contributed by atoms with van der Waals surface area (Å²) < 4.78 is 31.6. The quantitative estimate of drug-likeness (QED) is 0.835. The molecule has 2 amide bonds. The van der Waals surface area contributed by atoms with E-state index in [0.717, 1.165) is 11.3 Å². The fourth-order valence-electron chi connectivity index (χ4n) is 3.49. The van der Waals surface area contributed by atoms with Gasteiger partial charge in [0.1, 0.15) is 5.75 Å². The fourth-order valence-corrected chi connectivity index (χ4v) is 3.49. The van der Waals surface area contributed by atoms with Crippen molar-refractivity contribution < 1.29 is 23.1 Å². The van der Waals surface area contributed by atoms with E-state index >= 15 is 0 Å². The zero-order valence-electron chi connectivity index (χ0n) is 15.4. The van der Waals surface area contributed by atoms with Gasteiger partial charge in [-0.25, -0.2) is 8.78 Å². The highest BCUT2D eigenvalue weighted by Crippen LogP contribution is 2.26. The Hall–Kier alpha value is -2.22. The van der Waals surface area contributed by atoms with Crippen LogP contribution in [0.15, 0.2) is 24.3 Å². The summed E-state index contributed by atoms with van der Waals surface area (Å²) in [6.07, 6.45) is 0.590. The molecule has 2 heterocycles. The van der Waals surface area contributed by atoms with Gasteiger partial charge >= 0.3 is 0 Å². The van der Waals surface area contributed by atoms with Gasteiger partial charge in [-0.3, -0.25) is 14.9 Å². The Kier molecular flexibility index (Phi) is 5.94. The first-order chi connectivity index (χ1) is 12.9. The van der Waals surface area contributed by atoms with E-state index < -0.39 is 24.9 Å². The Balaban J connectivity index is 1.43. The van der Waals surface area contributed by atoms with Crippen molar-refractivity contribution in [3.05, 3.63) is 29.8 Å². The van der Waals surface area contributed by atoms with Crippen LogP contribution in [0.4, 0.5) is 8.78 Å². The SMILES string of the molecule is COc1ccc(CCC(=O)N2CCN(C(=O)C3CC(F)(F)CN3)CC2)cc1. The number of ether oxygens (including phenoxy) is 1. The lowest BCUT2D eigenvalue weighted by atomic mass is 10.1. The van der Waals surface area contributed by atoms with E-state index in [4.69, 9.17) is 4.74 Å². The molecule has 0 bridgehead atoms. The van der Waals surface area contributed by atoms with E-state index in [1.54, 1.807) is 16.9 Å². The van der Waals surface area contributed by atoms with Crippen molar-refractivity contribution in [3.63, 3.8) is 0 Å². The van der Waals surface area contributed by atoms with E-state index in [-0.39, 0.29) is 11.8 Å². The largest absolute Gasteiger partial charge is 0.497 e. The lowest BCUT2D eigenvalue weighted by Crippen LogP contribution is -2.54. The van der Waals surface area contributed by atoms with E-state index in [1.165, 1.54) is 0 Å². The summed E-state index contributed by atoms with van der Waals surface area (Å²) in [4.78, 5) is 28.1. The third-order valence-electron chi connectivity index (χ3n) is 5.14. The minimum absolute atomic E-state index is 0.0449. The van der Waals surface area contributed by atoms with E-state index in [0.29, 0.717) is 39.0 Å². The van der Waals surface area contributed by atoms with E-state index in [9.17, 15) is 18.4 Å². The number of benzene rings is 1. The molecule has 2 aliphatic heterocycles. The molecule has 2 aliphatic rings. The normalized spacial score (nSPS) is 22.0. The molecule has 0 radical (unpaired) electrons. The van der Waals surface area contributed by atoms with Gasteiger partial charge in [-0.1, -0.05) is 12.1 Å². The fraction of sp³-hybridized carbons (Fsp3) is 0.579. The first kappa shape index (κ1) is 19.5. The van der Waals surface area contributed by atoms with Crippen LogP contribution >= 0.6 is 0 Å². The standard InChI is InChI=1S/C19H25F2N3O3/c1-27-15-5-2-14(3-6-15)4-7-17(25)23-8-10-24(11-9-23)18(26)16-12-19(20,21)13-22-16/h2-3,5-6,16,22H,4,7-13H2,1H3. The van der Waals surface area contributed by atoms with Crippen molar-refractivity contribution >= 4 is 11.8 Å². The average Bonchev–Trinajstić information content (AvgIpc) is 3.05. The van der Waals surface area contributed by atoms with Crippen LogP contribution in [0.25, 0.3) is 0 Å². The maximum Gasteiger partial charge on any atom is 0.262 e. The molecule has 148 valence electrons. The Bertz CT molecular complexity index is 673. The molecule has 0 aromatic heterocycles. The number of hydrogen-bond acceptors (Lipinski definition) is 4. The summed E-state index contributed by atoms with van der Waals surface area (Å²) in [6, 6.07) is 6.78. The second-order valence-electron chi connectivity index (χ2n) is 7.05. The van der Waals surface area contributed by atoms with Crippen LogP contribution in [-0.4, -0.2) is 73.4 Å². The van der Waals surface area contributed by atoms with Crippen molar-refractivity contribution in [2.75, 3.05) is 39.8 Å². The van der Waals surface area contributed by atoms with E-state index in [1.807, 2.05) is 24.3 Å². The van der Waals surface area contributed by atoms with Crippen LogP contribution < -0.4 is 10.1 Å². The number of nitrogens with one attached hydrogen (secondary N) is 1. The van der Waals surface area contributed by atoms with Gasteiger partial charge in [-0.05, 0) is 24.1 Å². The number of amides is 2. The maximum atomic E-state index is 13.3. The first-order valence-electron chi connectivity index (χ1n) is 9.19. The lowest BCUT2D eigenvalue weighted by molar-refractivity contribution is -0.140. The number of halogens is 2. The van der Waals surface area contributed by atoms with Crippen LogP contribution in [0, 0.1) is 0 Å². The molecule has 0 aliphatic carbocycles. The molecule has 3 rings (SSSR count). The van der Waals surface area contributed by atoms with Crippen LogP contribution in [0.3, 0.4) is 0 Å².